The Morgan fingerprint density at radius 2 is 2.00 bits per heavy atom. The Morgan fingerprint density at radius 1 is 1.24 bits per heavy atom. The number of carbonyl (C=O) groups excluding carboxylic acids is 1. The summed E-state index contributed by atoms with van der Waals surface area (Å²) < 4.78 is 0.590. The van der Waals surface area contributed by atoms with E-state index in [-0.39, 0.29) is 5.91 Å². The van der Waals surface area contributed by atoms with E-state index >= 15 is 0 Å². The first-order valence-corrected chi connectivity index (χ1v) is 8.70. The second-order valence-corrected chi connectivity index (χ2v) is 7.21. The third-order valence-electron chi connectivity index (χ3n) is 3.21. The van der Waals surface area contributed by atoms with Crippen molar-refractivity contribution in [2.45, 2.75) is 13.3 Å². The van der Waals surface area contributed by atoms with E-state index in [1.165, 1.54) is 17.3 Å². The molecular weight excluding hydrogens is 318 g/mol. The van der Waals surface area contributed by atoms with Crippen LogP contribution in [0.2, 0.25) is 0 Å². The molecule has 2 aromatic rings. The van der Waals surface area contributed by atoms with E-state index in [9.17, 15) is 4.79 Å². The zero-order chi connectivity index (χ0) is 14.8. The Morgan fingerprint density at radius 3 is 2.62 bits per heavy atom. The van der Waals surface area contributed by atoms with Gasteiger partial charge in [-0.1, -0.05) is 49.1 Å². The maximum Gasteiger partial charge on any atom is 0.270 e. The molecule has 1 saturated heterocycles. The van der Waals surface area contributed by atoms with E-state index in [4.69, 9.17) is 12.2 Å². The van der Waals surface area contributed by atoms with Crippen LogP contribution in [0, 0.1) is 0 Å². The molecule has 0 radical (unpaired) electrons. The summed E-state index contributed by atoms with van der Waals surface area (Å²) in [5, 5.41) is 2.00. The van der Waals surface area contributed by atoms with Crippen LogP contribution in [0.1, 0.15) is 17.4 Å². The summed E-state index contributed by atoms with van der Waals surface area (Å²) in [6.45, 7) is 2.11. The van der Waals surface area contributed by atoms with Gasteiger partial charge in [0.1, 0.15) is 0 Å². The number of rotatable bonds is 3. The smallest absolute Gasteiger partial charge is 0.268 e. The summed E-state index contributed by atoms with van der Waals surface area (Å²) in [6, 6.07) is 12.0. The molecule has 1 fully saturated rings. The van der Waals surface area contributed by atoms with Crippen LogP contribution in [0.25, 0.3) is 6.08 Å². The van der Waals surface area contributed by atoms with Gasteiger partial charge >= 0.3 is 0 Å². The SMILES string of the molecule is CCc1ccc(N2C(=O)C(=Cc3cccs3)SC2=S)cc1. The Bertz CT molecular complexity index is 702. The van der Waals surface area contributed by atoms with Gasteiger partial charge in [0.2, 0.25) is 0 Å². The summed E-state index contributed by atoms with van der Waals surface area (Å²) in [7, 11) is 0. The maximum atomic E-state index is 12.6. The van der Waals surface area contributed by atoms with Gasteiger partial charge in [0.15, 0.2) is 4.32 Å². The van der Waals surface area contributed by atoms with Gasteiger partial charge in [0.25, 0.3) is 5.91 Å². The van der Waals surface area contributed by atoms with Crippen molar-refractivity contribution in [3.63, 3.8) is 0 Å². The lowest BCUT2D eigenvalue weighted by atomic mass is 10.1. The Balaban J connectivity index is 1.90. The number of hydrogen-bond acceptors (Lipinski definition) is 4. The predicted molar refractivity (Wildman–Crippen MR) is 95.8 cm³/mol. The fraction of sp³-hybridized carbons (Fsp3) is 0.125. The third kappa shape index (κ3) is 2.95. The lowest BCUT2D eigenvalue weighted by Gasteiger charge is -2.14. The van der Waals surface area contributed by atoms with Crippen molar-refractivity contribution in [1.82, 2.24) is 0 Å². The van der Waals surface area contributed by atoms with Gasteiger partial charge < -0.3 is 0 Å². The topological polar surface area (TPSA) is 20.3 Å². The molecular formula is C16H13NOS3. The first-order chi connectivity index (χ1) is 10.2. The highest BCUT2D eigenvalue weighted by Gasteiger charge is 2.33. The molecule has 0 unspecified atom stereocenters. The molecule has 3 rings (SSSR count). The molecule has 1 aromatic carbocycles. The van der Waals surface area contributed by atoms with Crippen molar-refractivity contribution in [2.24, 2.45) is 0 Å². The zero-order valence-electron chi connectivity index (χ0n) is 11.4. The summed E-state index contributed by atoms with van der Waals surface area (Å²) >= 11 is 8.34. The molecule has 1 aliphatic rings. The average molecular weight is 331 g/mol. The molecule has 0 spiro atoms. The molecule has 2 heterocycles. The van der Waals surface area contributed by atoms with Crippen molar-refractivity contribution in [3.05, 3.63) is 57.1 Å². The summed E-state index contributed by atoms with van der Waals surface area (Å²) in [5.41, 5.74) is 2.09. The number of amides is 1. The Labute approximate surface area is 137 Å². The molecule has 21 heavy (non-hydrogen) atoms. The lowest BCUT2D eigenvalue weighted by Crippen LogP contribution is -2.27. The predicted octanol–water partition coefficient (Wildman–Crippen LogP) is 4.72. The molecule has 5 heteroatoms. The minimum absolute atomic E-state index is 0.0392. The van der Waals surface area contributed by atoms with E-state index in [0.29, 0.717) is 9.23 Å². The molecule has 0 atom stereocenters. The minimum Gasteiger partial charge on any atom is -0.268 e. The highest BCUT2D eigenvalue weighted by molar-refractivity contribution is 8.27. The van der Waals surface area contributed by atoms with E-state index in [2.05, 4.69) is 6.92 Å². The Kier molecular flexibility index (Phi) is 4.24. The monoisotopic (exact) mass is 331 g/mol. The van der Waals surface area contributed by atoms with Gasteiger partial charge in [0.05, 0.1) is 10.6 Å². The lowest BCUT2D eigenvalue weighted by molar-refractivity contribution is -0.113. The van der Waals surface area contributed by atoms with Gasteiger partial charge in [-0.15, -0.1) is 11.3 Å². The van der Waals surface area contributed by atoms with Crippen molar-refractivity contribution < 1.29 is 4.79 Å². The fourth-order valence-corrected chi connectivity index (χ4v) is 4.10. The van der Waals surface area contributed by atoms with E-state index in [1.807, 2.05) is 47.9 Å². The second-order valence-electron chi connectivity index (χ2n) is 4.55. The molecule has 0 saturated carbocycles. The number of thiophene rings is 1. The number of nitrogens with zero attached hydrogens (tertiary/aromatic N) is 1. The van der Waals surface area contributed by atoms with Crippen LogP contribution in [0.15, 0.2) is 46.7 Å². The first-order valence-electron chi connectivity index (χ1n) is 6.59. The van der Waals surface area contributed by atoms with Crippen molar-refractivity contribution in [2.75, 3.05) is 4.90 Å². The number of hydrogen-bond donors (Lipinski definition) is 0. The van der Waals surface area contributed by atoms with Crippen molar-refractivity contribution in [3.8, 4) is 0 Å². The largest absolute Gasteiger partial charge is 0.270 e. The zero-order valence-corrected chi connectivity index (χ0v) is 13.9. The molecule has 0 bridgehead atoms. The van der Waals surface area contributed by atoms with Crippen LogP contribution in [0.3, 0.4) is 0 Å². The number of thiocarbonyl (C=S) groups is 1. The highest BCUT2D eigenvalue weighted by atomic mass is 32.2. The highest BCUT2D eigenvalue weighted by Crippen LogP contribution is 2.36. The third-order valence-corrected chi connectivity index (χ3v) is 5.33. The number of thioether (sulfide) groups is 1. The normalized spacial score (nSPS) is 17.0. The minimum atomic E-state index is -0.0392. The summed E-state index contributed by atoms with van der Waals surface area (Å²) in [6.07, 6.45) is 2.89. The molecule has 0 N–H and O–H groups in total. The van der Waals surface area contributed by atoms with Crippen LogP contribution in [-0.2, 0) is 11.2 Å². The number of benzene rings is 1. The molecule has 1 aliphatic heterocycles. The molecule has 2 nitrogen and oxygen atoms in total. The summed E-state index contributed by atoms with van der Waals surface area (Å²) in [4.78, 5) is 15.9. The van der Waals surface area contributed by atoms with E-state index in [0.717, 1.165) is 17.0 Å². The van der Waals surface area contributed by atoms with Crippen LogP contribution in [0.5, 0.6) is 0 Å². The van der Waals surface area contributed by atoms with Crippen LogP contribution in [0.4, 0.5) is 5.69 Å². The van der Waals surface area contributed by atoms with Crippen LogP contribution in [-0.4, -0.2) is 10.2 Å². The quantitative estimate of drug-likeness (QED) is 0.600. The molecule has 1 amide bonds. The van der Waals surface area contributed by atoms with Gasteiger partial charge in [-0.25, -0.2) is 0 Å². The Hall–Kier alpha value is -1.43. The van der Waals surface area contributed by atoms with Crippen LogP contribution < -0.4 is 4.90 Å². The number of anilines is 1. The molecule has 0 aliphatic carbocycles. The van der Waals surface area contributed by atoms with Crippen molar-refractivity contribution >= 4 is 57.3 Å². The second kappa shape index (κ2) is 6.13. The van der Waals surface area contributed by atoms with Crippen molar-refractivity contribution in [1.29, 1.82) is 0 Å². The number of aryl methyl sites for hydroxylation is 1. The maximum absolute atomic E-state index is 12.6. The van der Waals surface area contributed by atoms with Gasteiger partial charge in [-0.05, 0) is 41.6 Å². The van der Waals surface area contributed by atoms with Gasteiger partial charge in [0, 0.05) is 4.88 Å². The van der Waals surface area contributed by atoms with E-state index in [1.54, 1.807) is 16.2 Å². The summed E-state index contributed by atoms with van der Waals surface area (Å²) in [5.74, 6) is -0.0392. The van der Waals surface area contributed by atoms with E-state index < -0.39 is 0 Å². The standard InChI is InChI=1S/C16H13NOS3/c1-2-11-5-7-12(8-6-11)17-15(18)14(21-16(17)19)10-13-4-3-9-20-13/h3-10H,2H2,1H3. The van der Waals surface area contributed by atoms with Crippen LogP contribution >= 0.6 is 35.3 Å². The molecule has 106 valence electrons. The average Bonchev–Trinajstić information content (AvgIpc) is 3.09. The first kappa shape index (κ1) is 14.5. The fourth-order valence-electron chi connectivity index (χ4n) is 2.07. The molecule has 1 aromatic heterocycles. The number of carbonyl (C=O) groups is 1. The van der Waals surface area contributed by atoms with Gasteiger partial charge in [-0.3, -0.25) is 9.69 Å². The van der Waals surface area contributed by atoms with Gasteiger partial charge in [-0.2, -0.15) is 0 Å².